The molecule has 1 aliphatic rings. The summed E-state index contributed by atoms with van der Waals surface area (Å²) in [6, 6.07) is 12.9. The molecule has 1 aromatic heterocycles. The van der Waals surface area contributed by atoms with E-state index in [1.165, 1.54) is 0 Å². The van der Waals surface area contributed by atoms with Crippen LogP contribution in [0.4, 0.5) is 0 Å². The minimum absolute atomic E-state index is 0.0279. The maximum absolute atomic E-state index is 12.5. The van der Waals surface area contributed by atoms with Crippen LogP contribution in [0.5, 0.6) is 11.5 Å². The van der Waals surface area contributed by atoms with Crippen LogP contribution in [0.1, 0.15) is 43.6 Å². The van der Waals surface area contributed by atoms with Crippen molar-refractivity contribution in [3.05, 3.63) is 64.2 Å². The molecule has 3 aromatic rings. The minimum Gasteiger partial charge on any atom is -0.486 e. The number of hydrogen-bond donors (Lipinski definition) is 2. The van der Waals surface area contributed by atoms with E-state index in [0.29, 0.717) is 49.2 Å². The van der Waals surface area contributed by atoms with E-state index in [1.807, 2.05) is 43.3 Å². The smallest absolute Gasteiger partial charge is 0.258 e. The van der Waals surface area contributed by atoms with Gasteiger partial charge >= 0.3 is 0 Å². The number of benzene rings is 2. The molecule has 0 saturated carbocycles. The van der Waals surface area contributed by atoms with Crippen molar-refractivity contribution in [1.82, 2.24) is 15.3 Å². The molecular formula is C23H25N3O4. The summed E-state index contributed by atoms with van der Waals surface area (Å²) in [4.78, 5) is 31.9. The Morgan fingerprint density at radius 3 is 2.80 bits per heavy atom. The Hall–Kier alpha value is -3.35. The largest absolute Gasteiger partial charge is 0.486 e. The molecule has 0 spiro atoms. The number of ether oxygens (including phenoxy) is 2. The number of aryl methyl sites for hydroxylation is 1. The van der Waals surface area contributed by atoms with Crippen LogP contribution in [0.2, 0.25) is 0 Å². The molecule has 30 heavy (non-hydrogen) atoms. The normalized spacial score (nSPS) is 13.8. The van der Waals surface area contributed by atoms with Crippen LogP contribution in [-0.4, -0.2) is 29.1 Å². The maximum atomic E-state index is 12.5. The zero-order chi connectivity index (χ0) is 20.9. The first-order valence-corrected chi connectivity index (χ1v) is 10.3. The Bertz CT molecular complexity index is 1110. The Kier molecular flexibility index (Phi) is 5.97. The fourth-order valence-electron chi connectivity index (χ4n) is 3.63. The number of amides is 1. The second-order valence-corrected chi connectivity index (χ2v) is 7.31. The van der Waals surface area contributed by atoms with Crippen LogP contribution < -0.4 is 20.3 Å². The van der Waals surface area contributed by atoms with E-state index < -0.39 is 0 Å². The van der Waals surface area contributed by atoms with Gasteiger partial charge in [-0.1, -0.05) is 25.1 Å². The summed E-state index contributed by atoms with van der Waals surface area (Å²) in [5.74, 6) is 2.03. The molecular weight excluding hydrogens is 382 g/mol. The van der Waals surface area contributed by atoms with Crippen molar-refractivity contribution in [1.29, 1.82) is 0 Å². The SMILES string of the molecule is CCC(NC(=O)CCCc1nc2ccccc2c(=O)[nH]1)c1ccc2c(c1)OCCO2. The molecule has 0 bridgehead atoms. The van der Waals surface area contributed by atoms with E-state index in [1.54, 1.807) is 6.07 Å². The second kappa shape index (κ2) is 8.98. The highest BCUT2D eigenvalue weighted by Crippen LogP contribution is 2.33. The molecule has 0 fully saturated rings. The maximum Gasteiger partial charge on any atom is 0.258 e. The fraction of sp³-hybridized carbons (Fsp3) is 0.348. The molecule has 1 unspecified atom stereocenters. The summed E-state index contributed by atoms with van der Waals surface area (Å²) in [6.45, 7) is 3.12. The first-order valence-electron chi connectivity index (χ1n) is 10.3. The van der Waals surface area contributed by atoms with E-state index in [9.17, 15) is 9.59 Å². The van der Waals surface area contributed by atoms with Gasteiger partial charge in [-0.3, -0.25) is 9.59 Å². The summed E-state index contributed by atoms with van der Waals surface area (Å²) in [5, 5.41) is 3.66. The van der Waals surface area contributed by atoms with Crippen molar-refractivity contribution in [3.63, 3.8) is 0 Å². The zero-order valence-corrected chi connectivity index (χ0v) is 16.9. The number of carbonyl (C=O) groups is 1. The molecule has 7 nitrogen and oxygen atoms in total. The van der Waals surface area contributed by atoms with Gasteiger partial charge in [0.05, 0.1) is 16.9 Å². The van der Waals surface area contributed by atoms with Gasteiger partial charge in [-0.05, 0) is 42.7 Å². The first-order chi connectivity index (χ1) is 14.6. The molecule has 0 radical (unpaired) electrons. The summed E-state index contributed by atoms with van der Waals surface area (Å²) >= 11 is 0. The molecule has 0 aliphatic carbocycles. The van der Waals surface area contributed by atoms with Crippen molar-refractivity contribution >= 4 is 16.8 Å². The number of fused-ring (bicyclic) bond motifs is 2. The molecule has 2 heterocycles. The quantitative estimate of drug-likeness (QED) is 0.627. The summed E-state index contributed by atoms with van der Waals surface area (Å²) < 4.78 is 11.2. The summed E-state index contributed by atoms with van der Waals surface area (Å²) in [6.07, 6.45) is 2.27. The zero-order valence-electron chi connectivity index (χ0n) is 16.9. The molecule has 7 heteroatoms. The lowest BCUT2D eigenvalue weighted by Crippen LogP contribution is -2.28. The molecule has 0 saturated heterocycles. The van der Waals surface area contributed by atoms with Crippen molar-refractivity contribution < 1.29 is 14.3 Å². The Balaban J connectivity index is 1.34. The van der Waals surface area contributed by atoms with Gasteiger partial charge in [-0.15, -0.1) is 0 Å². The lowest BCUT2D eigenvalue weighted by molar-refractivity contribution is -0.122. The fourth-order valence-corrected chi connectivity index (χ4v) is 3.63. The minimum atomic E-state index is -0.148. The van der Waals surface area contributed by atoms with Crippen LogP contribution in [0.3, 0.4) is 0 Å². The van der Waals surface area contributed by atoms with Crippen molar-refractivity contribution in [3.8, 4) is 11.5 Å². The van der Waals surface area contributed by atoms with E-state index in [0.717, 1.165) is 23.5 Å². The van der Waals surface area contributed by atoms with Gasteiger partial charge in [0.2, 0.25) is 5.91 Å². The van der Waals surface area contributed by atoms with Crippen molar-refractivity contribution in [2.24, 2.45) is 0 Å². The van der Waals surface area contributed by atoms with Gasteiger partial charge in [0.15, 0.2) is 11.5 Å². The predicted molar refractivity (Wildman–Crippen MR) is 114 cm³/mol. The number of para-hydroxylation sites is 1. The van der Waals surface area contributed by atoms with Gasteiger partial charge in [0, 0.05) is 12.8 Å². The third-order valence-corrected chi connectivity index (χ3v) is 5.19. The third kappa shape index (κ3) is 4.45. The van der Waals surface area contributed by atoms with Crippen LogP contribution in [0.15, 0.2) is 47.3 Å². The number of aromatic amines is 1. The summed E-state index contributed by atoms with van der Waals surface area (Å²) in [7, 11) is 0. The number of aromatic nitrogens is 2. The standard InChI is InChI=1S/C23H25N3O4/c1-2-17(15-10-11-19-20(14-15)30-13-12-29-19)25-22(27)9-5-8-21-24-18-7-4-3-6-16(18)23(28)26-21/h3-4,6-7,10-11,14,17H,2,5,8-9,12-13H2,1H3,(H,25,27)(H,24,26,28). The van der Waals surface area contributed by atoms with Crippen LogP contribution in [0, 0.1) is 0 Å². The van der Waals surface area contributed by atoms with E-state index >= 15 is 0 Å². The third-order valence-electron chi connectivity index (χ3n) is 5.19. The number of nitrogens with one attached hydrogen (secondary N) is 2. The molecule has 1 amide bonds. The van der Waals surface area contributed by atoms with Crippen LogP contribution >= 0.6 is 0 Å². The van der Waals surface area contributed by atoms with Gasteiger partial charge in [0.25, 0.3) is 5.56 Å². The van der Waals surface area contributed by atoms with E-state index in [4.69, 9.17) is 9.47 Å². The number of rotatable bonds is 7. The summed E-state index contributed by atoms with van der Waals surface area (Å²) in [5.41, 5.74) is 1.52. The highest BCUT2D eigenvalue weighted by Gasteiger charge is 2.17. The molecule has 2 N–H and O–H groups in total. The van der Waals surface area contributed by atoms with Crippen LogP contribution in [0.25, 0.3) is 10.9 Å². The number of nitrogens with zero attached hydrogens (tertiary/aromatic N) is 1. The molecule has 2 aromatic carbocycles. The predicted octanol–water partition coefficient (Wildman–Crippen LogP) is 3.28. The molecule has 4 rings (SSSR count). The Morgan fingerprint density at radius 1 is 1.17 bits per heavy atom. The van der Waals surface area contributed by atoms with Gasteiger partial charge in [-0.25, -0.2) is 4.98 Å². The monoisotopic (exact) mass is 407 g/mol. The number of carbonyl (C=O) groups excluding carboxylic acids is 1. The van der Waals surface area contributed by atoms with Crippen molar-refractivity contribution in [2.75, 3.05) is 13.2 Å². The van der Waals surface area contributed by atoms with Crippen LogP contribution in [-0.2, 0) is 11.2 Å². The number of hydrogen-bond acceptors (Lipinski definition) is 5. The molecule has 1 aliphatic heterocycles. The van der Waals surface area contributed by atoms with E-state index in [2.05, 4.69) is 15.3 Å². The number of H-pyrrole nitrogens is 1. The highest BCUT2D eigenvalue weighted by atomic mass is 16.6. The Morgan fingerprint density at radius 2 is 1.97 bits per heavy atom. The lowest BCUT2D eigenvalue weighted by Gasteiger charge is -2.22. The first kappa shape index (κ1) is 19.9. The second-order valence-electron chi connectivity index (χ2n) is 7.31. The average molecular weight is 407 g/mol. The van der Waals surface area contributed by atoms with E-state index in [-0.39, 0.29) is 17.5 Å². The molecule has 156 valence electrons. The average Bonchev–Trinajstić information content (AvgIpc) is 2.77. The lowest BCUT2D eigenvalue weighted by atomic mass is 10.0. The van der Waals surface area contributed by atoms with Gasteiger partial charge in [0.1, 0.15) is 19.0 Å². The Labute approximate surface area is 174 Å². The van der Waals surface area contributed by atoms with Gasteiger partial charge < -0.3 is 19.8 Å². The molecule has 1 atom stereocenters. The van der Waals surface area contributed by atoms with Crippen molar-refractivity contribution in [2.45, 2.75) is 38.6 Å². The van der Waals surface area contributed by atoms with Gasteiger partial charge in [-0.2, -0.15) is 0 Å². The topological polar surface area (TPSA) is 93.3 Å². The highest BCUT2D eigenvalue weighted by molar-refractivity contribution is 5.77.